The lowest BCUT2D eigenvalue weighted by Crippen LogP contribution is -2.48. The topological polar surface area (TPSA) is 101 Å². The minimum Gasteiger partial charge on any atom is -0.480 e. The Kier molecular flexibility index (Phi) is 5.17. The maximum absolute atomic E-state index is 12.0. The van der Waals surface area contributed by atoms with Gasteiger partial charge in [0.2, 0.25) is 0 Å². The Morgan fingerprint density at radius 3 is 2.00 bits per heavy atom. The molecule has 1 fully saturated rings. The van der Waals surface area contributed by atoms with Gasteiger partial charge >= 0.3 is 12.0 Å². The van der Waals surface area contributed by atoms with Crippen LogP contribution in [-0.2, 0) is 4.79 Å². The summed E-state index contributed by atoms with van der Waals surface area (Å²) >= 11 is 0. The maximum Gasteiger partial charge on any atom is 0.323 e. The zero-order valence-corrected chi connectivity index (χ0v) is 9.58. The van der Waals surface area contributed by atoms with E-state index >= 15 is 0 Å². The van der Waals surface area contributed by atoms with Crippen LogP contribution in [0, 0.1) is 0 Å². The van der Waals surface area contributed by atoms with Crippen molar-refractivity contribution in [1.29, 1.82) is 0 Å². The SMILES string of the molecule is O=C(O)CN(C(=O)N(CCO)CCO)C1CC1. The Labute approximate surface area is 99.2 Å². The van der Waals surface area contributed by atoms with Gasteiger partial charge < -0.3 is 25.1 Å². The number of nitrogens with zero attached hydrogens (tertiary/aromatic N) is 2. The molecule has 0 heterocycles. The van der Waals surface area contributed by atoms with Gasteiger partial charge in [0, 0.05) is 19.1 Å². The van der Waals surface area contributed by atoms with E-state index in [0.717, 1.165) is 12.8 Å². The number of amides is 2. The van der Waals surface area contributed by atoms with E-state index in [4.69, 9.17) is 15.3 Å². The largest absolute Gasteiger partial charge is 0.480 e. The van der Waals surface area contributed by atoms with Gasteiger partial charge in [0.1, 0.15) is 6.54 Å². The lowest BCUT2D eigenvalue weighted by atomic mass is 10.4. The first kappa shape index (κ1) is 13.7. The van der Waals surface area contributed by atoms with E-state index in [1.165, 1.54) is 9.80 Å². The molecule has 0 unspecified atom stereocenters. The van der Waals surface area contributed by atoms with Crippen molar-refractivity contribution in [2.24, 2.45) is 0 Å². The number of hydrogen-bond acceptors (Lipinski definition) is 4. The molecular weight excluding hydrogens is 228 g/mol. The second-order valence-corrected chi connectivity index (χ2v) is 3.97. The summed E-state index contributed by atoms with van der Waals surface area (Å²) in [6, 6.07) is -0.448. The van der Waals surface area contributed by atoms with Crippen molar-refractivity contribution in [2.75, 3.05) is 32.8 Å². The molecule has 0 radical (unpaired) electrons. The molecule has 0 aliphatic heterocycles. The molecule has 1 aliphatic carbocycles. The number of aliphatic hydroxyl groups excluding tert-OH is 2. The van der Waals surface area contributed by atoms with Crippen LogP contribution in [0.15, 0.2) is 0 Å². The van der Waals surface area contributed by atoms with Crippen LogP contribution in [0.25, 0.3) is 0 Å². The van der Waals surface area contributed by atoms with Gasteiger partial charge in [-0.15, -0.1) is 0 Å². The number of carboxylic acids is 1. The molecule has 0 bridgehead atoms. The number of aliphatic carboxylic acids is 1. The number of aliphatic hydroxyl groups is 2. The highest BCUT2D eigenvalue weighted by Crippen LogP contribution is 2.27. The summed E-state index contributed by atoms with van der Waals surface area (Å²) < 4.78 is 0. The van der Waals surface area contributed by atoms with E-state index in [9.17, 15) is 9.59 Å². The van der Waals surface area contributed by atoms with Gasteiger partial charge in [-0.05, 0) is 12.8 Å². The average molecular weight is 246 g/mol. The van der Waals surface area contributed by atoms with Crippen molar-refractivity contribution < 1.29 is 24.9 Å². The van der Waals surface area contributed by atoms with Crippen LogP contribution < -0.4 is 0 Å². The molecule has 0 aromatic carbocycles. The van der Waals surface area contributed by atoms with Crippen molar-refractivity contribution in [2.45, 2.75) is 18.9 Å². The Hall–Kier alpha value is -1.34. The molecule has 0 aromatic rings. The summed E-state index contributed by atoms with van der Waals surface area (Å²) in [5.74, 6) is -1.06. The van der Waals surface area contributed by atoms with Crippen molar-refractivity contribution in [3.05, 3.63) is 0 Å². The molecule has 1 rings (SSSR count). The van der Waals surface area contributed by atoms with Crippen LogP contribution in [-0.4, -0.2) is 76.0 Å². The lowest BCUT2D eigenvalue weighted by molar-refractivity contribution is -0.137. The second kappa shape index (κ2) is 6.41. The summed E-state index contributed by atoms with van der Waals surface area (Å²) in [6.07, 6.45) is 1.62. The normalized spacial score (nSPS) is 14.5. The molecule has 0 spiro atoms. The molecule has 1 saturated carbocycles. The fourth-order valence-corrected chi connectivity index (χ4v) is 1.61. The van der Waals surface area contributed by atoms with Gasteiger partial charge in [-0.1, -0.05) is 0 Å². The highest BCUT2D eigenvalue weighted by atomic mass is 16.4. The van der Waals surface area contributed by atoms with E-state index < -0.39 is 12.0 Å². The Morgan fingerprint density at radius 1 is 1.12 bits per heavy atom. The summed E-state index contributed by atoms with van der Waals surface area (Å²) in [5.41, 5.74) is 0. The van der Waals surface area contributed by atoms with Gasteiger partial charge in [-0.25, -0.2) is 4.79 Å². The standard InChI is InChI=1S/C10H18N2O5/c13-5-3-11(4-6-14)10(17)12(7-9(15)16)8-1-2-8/h8,13-14H,1-7H2,(H,15,16). The fraction of sp³-hybridized carbons (Fsp3) is 0.800. The van der Waals surface area contributed by atoms with Gasteiger partial charge in [-0.2, -0.15) is 0 Å². The fourth-order valence-electron chi connectivity index (χ4n) is 1.61. The molecule has 2 amide bonds. The molecule has 3 N–H and O–H groups in total. The van der Waals surface area contributed by atoms with Crippen LogP contribution in [0.5, 0.6) is 0 Å². The highest BCUT2D eigenvalue weighted by molar-refractivity contribution is 5.80. The average Bonchev–Trinajstić information content (AvgIpc) is 3.08. The number of urea groups is 1. The van der Waals surface area contributed by atoms with Gasteiger partial charge in [0.15, 0.2) is 0 Å². The van der Waals surface area contributed by atoms with Gasteiger partial charge in [0.05, 0.1) is 13.2 Å². The van der Waals surface area contributed by atoms with E-state index in [1.54, 1.807) is 0 Å². The van der Waals surface area contributed by atoms with Crippen LogP contribution in [0.4, 0.5) is 4.79 Å². The van der Waals surface area contributed by atoms with Crippen molar-refractivity contribution in [3.63, 3.8) is 0 Å². The number of carboxylic acid groups (broad SMARTS) is 1. The Balaban J connectivity index is 2.63. The first-order valence-electron chi connectivity index (χ1n) is 5.59. The number of carbonyl (C=O) groups excluding carboxylic acids is 1. The van der Waals surface area contributed by atoms with E-state index in [2.05, 4.69) is 0 Å². The quantitative estimate of drug-likeness (QED) is 0.531. The maximum atomic E-state index is 12.0. The van der Waals surface area contributed by atoms with Crippen LogP contribution in [0.2, 0.25) is 0 Å². The van der Waals surface area contributed by atoms with Crippen LogP contribution in [0.3, 0.4) is 0 Å². The van der Waals surface area contributed by atoms with E-state index in [-0.39, 0.29) is 38.9 Å². The number of carbonyl (C=O) groups is 2. The summed E-state index contributed by atoms with van der Waals surface area (Å²) in [7, 11) is 0. The minimum absolute atomic E-state index is 0.0153. The Morgan fingerprint density at radius 2 is 1.65 bits per heavy atom. The van der Waals surface area contributed by atoms with Gasteiger partial charge in [-0.3, -0.25) is 4.79 Å². The molecule has 17 heavy (non-hydrogen) atoms. The molecule has 1 aliphatic rings. The predicted octanol–water partition coefficient (Wildman–Crippen LogP) is -1.06. The summed E-state index contributed by atoms with van der Waals surface area (Å²) in [5, 5.41) is 26.4. The zero-order chi connectivity index (χ0) is 12.8. The van der Waals surface area contributed by atoms with Crippen LogP contribution >= 0.6 is 0 Å². The molecule has 7 nitrogen and oxygen atoms in total. The molecule has 7 heteroatoms. The Bertz CT molecular complexity index is 274. The van der Waals surface area contributed by atoms with Crippen molar-refractivity contribution >= 4 is 12.0 Å². The third kappa shape index (κ3) is 4.20. The molecule has 0 atom stereocenters. The summed E-state index contributed by atoms with van der Waals surface area (Å²) in [6.45, 7) is -0.560. The summed E-state index contributed by atoms with van der Waals surface area (Å²) in [4.78, 5) is 25.2. The van der Waals surface area contributed by atoms with Crippen molar-refractivity contribution in [1.82, 2.24) is 9.80 Å². The smallest absolute Gasteiger partial charge is 0.323 e. The molecule has 98 valence electrons. The van der Waals surface area contributed by atoms with Gasteiger partial charge in [0.25, 0.3) is 0 Å². The molecular formula is C10H18N2O5. The van der Waals surface area contributed by atoms with Crippen molar-refractivity contribution in [3.8, 4) is 0 Å². The zero-order valence-electron chi connectivity index (χ0n) is 9.58. The third-order valence-corrected chi connectivity index (χ3v) is 2.55. The predicted molar refractivity (Wildman–Crippen MR) is 58.5 cm³/mol. The molecule has 0 saturated heterocycles. The molecule has 0 aromatic heterocycles. The van der Waals surface area contributed by atoms with Crippen LogP contribution in [0.1, 0.15) is 12.8 Å². The monoisotopic (exact) mass is 246 g/mol. The number of hydrogen-bond donors (Lipinski definition) is 3. The second-order valence-electron chi connectivity index (χ2n) is 3.97. The minimum atomic E-state index is -1.06. The van der Waals surface area contributed by atoms with E-state index in [0.29, 0.717) is 0 Å². The third-order valence-electron chi connectivity index (χ3n) is 2.55. The first-order chi connectivity index (χ1) is 8.10. The number of rotatable bonds is 7. The highest BCUT2D eigenvalue weighted by Gasteiger charge is 2.35. The lowest BCUT2D eigenvalue weighted by Gasteiger charge is -2.28. The first-order valence-corrected chi connectivity index (χ1v) is 5.59. The van der Waals surface area contributed by atoms with E-state index in [1.807, 2.05) is 0 Å².